The van der Waals surface area contributed by atoms with Gasteiger partial charge in [0.1, 0.15) is 6.79 Å². The molecule has 2 fully saturated rings. The molecule has 0 radical (unpaired) electrons. The zero-order valence-corrected chi connectivity index (χ0v) is 18.3. The summed E-state index contributed by atoms with van der Waals surface area (Å²) in [6, 6.07) is 0. The van der Waals surface area contributed by atoms with E-state index in [4.69, 9.17) is 23.4 Å². The standard InChI is InChI=1S/C19H38O5Si/c1-16(24-25(6,7)17(2,3)4)18(14-21-15-20-5)8-10-19(11-9-18)22-12-13-23-19/h16H,8-15H2,1-7H3. The predicted molar refractivity (Wildman–Crippen MR) is 101 cm³/mol. The van der Waals surface area contributed by atoms with Gasteiger partial charge in [-0.2, -0.15) is 0 Å². The van der Waals surface area contributed by atoms with Gasteiger partial charge < -0.3 is 23.4 Å². The molecule has 1 saturated carbocycles. The Kier molecular flexibility index (Phi) is 6.78. The Hall–Kier alpha value is 0.0169. The maximum Gasteiger partial charge on any atom is 0.192 e. The highest BCUT2D eigenvalue weighted by atomic mass is 28.4. The Bertz CT molecular complexity index is 416. The average Bonchev–Trinajstić information content (AvgIpc) is 2.97. The second-order valence-corrected chi connectivity index (χ2v) is 14.0. The quantitative estimate of drug-likeness (QED) is 0.377. The van der Waals surface area contributed by atoms with E-state index in [0.717, 1.165) is 25.7 Å². The topological polar surface area (TPSA) is 46.2 Å². The van der Waals surface area contributed by atoms with Gasteiger partial charge in [-0.05, 0) is 37.9 Å². The second kappa shape index (κ2) is 7.95. The lowest BCUT2D eigenvalue weighted by Gasteiger charge is -2.49. The van der Waals surface area contributed by atoms with Crippen molar-refractivity contribution in [2.75, 3.05) is 33.7 Å². The maximum absolute atomic E-state index is 6.76. The van der Waals surface area contributed by atoms with Gasteiger partial charge in [0.25, 0.3) is 0 Å². The molecule has 1 spiro atoms. The van der Waals surface area contributed by atoms with Crippen molar-refractivity contribution >= 4 is 8.32 Å². The molecule has 25 heavy (non-hydrogen) atoms. The highest BCUT2D eigenvalue weighted by molar-refractivity contribution is 6.74. The first-order valence-electron chi connectivity index (χ1n) is 9.58. The molecule has 2 aliphatic rings. The molecule has 0 amide bonds. The lowest BCUT2D eigenvalue weighted by molar-refractivity contribution is -0.208. The molecule has 2 rings (SSSR count). The van der Waals surface area contributed by atoms with Crippen LogP contribution >= 0.6 is 0 Å². The van der Waals surface area contributed by atoms with Crippen molar-refractivity contribution in [3.8, 4) is 0 Å². The van der Waals surface area contributed by atoms with Gasteiger partial charge in [0, 0.05) is 25.4 Å². The van der Waals surface area contributed by atoms with Crippen LogP contribution in [0.3, 0.4) is 0 Å². The summed E-state index contributed by atoms with van der Waals surface area (Å²) in [6.45, 7) is 16.1. The van der Waals surface area contributed by atoms with Crippen molar-refractivity contribution in [2.45, 2.75) is 83.4 Å². The van der Waals surface area contributed by atoms with E-state index in [1.54, 1.807) is 7.11 Å². The Morgan fingerprint density at radius 3 is 2.08 bits per heavy atom. The number of hydrogen-bond acceptors (Lipinski definition) is 5. The molecule has 1 aliphatic carbocycles. The highest BCUT2D eigenvalue weighted by Crippen LogP contribution is 2.49. The van der Waals surface area contributed by atoms with Gasteiger partial charge >= 0.3 is 0 Å². The normalized spacial score (nSPS) is 24.6. The summed E-state index contributed by atoms with van der Waals surface area (Å²) in [5.41, 5.74) is -0.00535. The molecule has 1 unspecified atom stereocenters. The van der Waals surface area contributed by atoms with Crippen LogP contribution in [0.4, 0.5) is 0 Å². The monoisotopic (exact) mass is 374 g/mol. The van der Waals surface area contributed by atoms with Crippen LogP contribution in [-0.2, 0) is 23.4 Å². The van der Waals surface area contributed by atoms with Gasteiger partial charge in [-0.1, -0.05) is 20.8 Å². The van der Waals surface area contributed by atoms with Gasteiger partial charge in [-0.3, -0.25) is 0 Å². The van der Waals surface area contributed by atoms with Gasteiger partial charge in [0.05, 0.1) is 25.9 Å². The van der Waals surface area contributed by atoms with Gasteiger partial charge in [-0.15, -0.1) is 0 Å². The molecule has 1 heterocycles. The summed E-state index contributed by atoms with van der Waals surface area (Å²) in [6.07, 6.45) is 3.95. The Morgan fingerprint density at radius 1 is 1.04 bits per heavy atom. The summed E-state index contributed by atoms with van der Waals surface area (Å²) in [7, 11) is -0.171. The molecular weight excluding hydrogens is 336 g/mol. The van der Waals surface area contributed by atoms with Crippen LogP contribution in [0.1, 0.15) is 53.4 Å². The van der Waals surface area contributed by atoms with Crippen molar-refractivity contribution in [2.24, 2.45) is 5.41 Å². The van der Waals surface area contributed by atoms with E-state index in [2.05, 4.69) is 40.8 Å². The minimum Gasteiger partial charge on any atom is -0.414 e. The lowest BCUT2D eigenvalue weighted by atomic mass is 9.69. The molecular formula is C19H38O5Si. The van der Waals surface area contributed by atoms with Crippen LogP contribution in [-0.4, -0.2) is 53.9 Å². The predicted octanol–water partition coefficient (Wildman–Crippen LogP) is 4.32. The molecule has 0 N–H and O–H groups in total. The van der Waals surface area contributed by atoms with E-state index < -0.39 is 8.32 Å². The van der Waals surface area contributed by atoms with Crippen molar-refractivity contribution < 1.29 is 23.4 Å². The molecule has 1 saturated heterocycles. The lowest BCUT2D eigenvalue weighted by Crippen LogP contribution is -2.52. The summed E-state index contributed by atoms with van der Waals surface area (Å²) in [5, 5.41) is 0.198. The molecule has 148 valence electrons. The molecule has 6 heteroatoms. The van der Waals surface area contributed by atoms with Gasteiger partial charge in [-0.25, -0.2) is 0 Å². The SMILES string of the molecule is COCOCC1(C(C)O[Si](C)(C)C(C)(C)C)CCC2(CC1)OCCO2. The first-order chi connectivity index (χ1) is 11.6. The smallest absolute Gasteiger partial charge is 0.192 e. The number of ether oxygens (including phenoxy) is 4. The summed E-state index contributed by atoms with van der Waals surface area (Å²) in [4.78, 5) is 0. The molecule has 5 nitrogen and oxygen atoms in total. The van der Waals surface area contributed by atoms with E-state index in [1.807, 2.05) is 0 Å². The van der Waals surface area contributed by atoms with Gasteiger partial charge in [0.2, 0.25) is 0 Å². The first kappa shape index (κ1) is 21.3. The van der Waals surface area contributed by atoms with Crippen LogP contribution in [0.5, 0.6) is 0 Å². The van der Waals surface area contributed by atoms with Crippen molar-refractivity contribution in [1.29, 1.82) is 0 Å². The fourth-order valence-corrected chi connectivity index (χ4v) is 5.14. The van der Waals surface area contributed by atoms with E-state index in [1.165, 1.54) is 0 Å². The minimum atomic E-state index is -1.84. The molecule has 1 aliphatic heterocycles. The summed E-state index contributed by atoms with van der Waals surface area (Å²) >= 11 is 0. The summed E-state index contributed by atoms with van der Waals surface area (Å²) in [5.74, 6) is -0.360. The van der Waals surface area contributed by atoms with Crippen molar-refractivity contribution in [3.63, 3.8) is 0 Å². The van der Waals surface area contributed by atoms with E-state index in [0.29, 0.717) is 26.6 Å². The van der Waals surface area contributed by atoms with Crippen LogP contribution in [0.2, 0.25) is 18.1 Å². The number of methoxy groups -OCH3 is 1. The minimum absolute atomic E-state index is 0.00535. The first-order valence-corrected chi connectivity index (χ1v) is 12.5. The Morgan fingerprint density at radius 2 is 1.60 bits per heavy atom. The van der Waals surface area contributed by atoms with E-state index >= 15 is 0 Å². The Balaban J connectivity index is 2.09. The van der Waals surface area contributed by atoms with E-state index in [-0.39, 0.29) is 22.3 Å². The highest BCUT2D eigenvalue weighted by Gasteiger charge is 2.51. The van der Waals surface area contributed by atoms with Crippen molar-refractivity contribution in [1.82, 2.24) is 0 Å². The zero-order valence-electron chi connectivity index (χ0n) is 17.3. The van der Waals surface area contributed by atoms with Crippen LogP contribution < -0.4 is 0 Å². The second-order valence-electron chi connectivity index (χ2n) is 9.25. The maximum atomic E-state index is 6.76. The third-order valence-electron chi connectivity index (χ3n) is 6.55. The van der Waals surface area contributed by atoms with Crippen LogP contribution in [0.25, 0.3) is 0 Å². The number of hydrogen-bond donors (Lipinski definition) is 0. The zero-order chi connectivity index (χ0) is 18.8. The molecule has 0 bridgehead atoms. The molecule has 1 atom stereocenters. The van der Waals surface area contributed by atoms with Gasteiger partial charge in [0.15, 0.2) is 14.1 Å². The number of rotatable bonds is 7. The largest absolute Gasteiger partial charge is 0.414 e. The molecule has 0 aromatic rings. The van der Waals surface area contributed by atoms with Crippen molar-refractivity contribution in [3.05, 3.63) is 0 Å². The molecule has 0 aromatic heterocycles. The summed E-state index contributed by atoms with van der Waals surface area (Å²) < 4.78 is 29.5. The molecule has 0 aromatic carbocycles. The fraction of sp³-hybridized carbons (Fsp3) is 1.00. The third kappa shape index (κ3) is 4.85. The Labute approximate surface area is 154 Å². The third-order valence-corrected chi connectivity index (χ3v) is 11.1. The van der Waals surface area contributed by atoms with E-state index in [9.17, 15) is 0 Å². The average molecular weight is 375 g/mol. The van der Waals surface area contributed by atoms with Crippen LogP contribution in [0, 0.1) is 5.41 Å². The van der Waals surface area contributed by atoms with Crippen LogP contribution in [0.15, 0.2) is 0 Å². The fourth-order valence-electron chi connectivity index (χ4n) is 3.65.